The predicted octanol–water partition coefficient (Wildman–Crippen LogP) is 5.98. The van der Waals surface area contributed by atoms with E-state index in [1.54, 1.807) is 23.1 Å². The summed E-state index contributed by atoms with van der Waals surface area (Å²) in [6.45, 7) is 0.726. The Morgan fingerprint density at radius 2 is 1.92 bits per heavy atom. The Labute approximate surface area is 226 Å². The maximum Gasteiger partial charge on any atom is 0.271 e. The molecule has 1 amide bonds. The number of anilines is 2. The number of non-ortho nitro benzene ring substituents is 1. The molecule has 38 heavy (non-hydrogen) atoms. The molecule has 10 nitrogen and oxygen atoms in total. The molecule has 1 fully saturated rings. The Hall–Kier alpha value is -4.15. The van der Waals surface area contributed by atoms with Crippen molar-refractivity contribution < 1.29 is 19.6 Å². The number of aromatic hydroxyl groups is 1. The summed E-state index contributed by atoms with van der Waals surface area (Å²) in [6, 6.07) is 16.1. The standard InChI is InChI=1S/C26H21Cl2N5O5/c27-21-9-8-15(11-22(21)28)29-26-30-23-19(24(34)31-26)12-17(33(36)37)13-20(23)25(35)32-10-4-5-16(32)14-38-18-6-2-1-3-7-18/h1-3,6-9,11-13,16H,4-5,10,14H2,(H2,29,30,31,34)/t16-/m0/s1. The van der Waals surface area contributed by atoms with E-state index in [1.165, 1.54) is 6.07 Å². The lowest BCUT2D eigenvalue weighted by atomic mass is 10.1. The van der Waals surface area contributed by atoms with E-state index >= 15 is 0 Å². The molecule has 4 aromatic rings. The molecule has 0 bridgehead atoms. The van der Waals surface area contributed by atoms with E-state index in [1.807, 2.05) is 30.3 Å². The number of carbonyl (C=O) groups is 1. The van der Waals surface area contributed by atoms with Crippen LogP contribution in [0, 0.1) is 10.1 Å². The average Bonchev–Trinajstić information content (AvgIpc) is 3.38. The fourth-order valence-electron chi connectivity index (χ4n) is 4.37. The number of nitrogens with one attached hydrogen (secondary N) is 1. The molecule has 12 heteroatoms. The van der Waals surface area contributed by atoms with Crippen molar-refractivity contribution in [3.63, 3.8) is 0 Å². The van der Waals surface area contributed by atoms with Crippen molar-refractivity contribution in [1.29, 1.82) is 0 Å². The van der Waals surface area contributed by atoms with Gasteiger partial charge >= 0.3 is 0 Å². The summed E-state index contributed by atoms with van der Waals surface area (Å²) in [6.07, 6.45) is 1.47. The zero-order valence-corrected chi connectivity index (χ0v) is 21.3. The van der Waals surface area contributed by atoms with Crippen molar-refractivity contribution in [2.24, 2.45) is 0 Å². The minimum absolute atomic E-state index is 0.0153. The largest absolute Gasteiger partial charge is 0.493 e. The van der Waals surface area contributed by atoms with E-state index < -0.39 is 16.7 Å². The molecule has 0 saturated carbocycles. The van der Waals surface area contributed by atoms with E-state index in [9.17, 15) is 20.0 Å². The van der Waals surface area contributed by atoms with Gasteiger partial charge in [0.1, 0.15) is 12.4 Å². The molecule has 1 saturated heterocycles. The number of halogens is 2. The molecule has 0 aliphatic carbocycles. The fourth-order valence-corrected chi connectivity index (χ4v) is 4.67. The van der Waals surface area contributed by atoms with Crippen LogP contribution in [0.2, 0.25) is 10.0 Å². The minimum Gasteiger partial charge on any atom is -0.493 e. The summed E-state index contributed by atoms with van der Waals surface area (Å²) >= 11 is 12.1. The van der Waals surface area contributed by atoms with E-state index in [4.69, 9.17) is 27.9 Å². The van der Waals surface area contributed by atoms with Gasteiger partial charge in [-0.25, -0.2) is 4.98 Å². The van der Waals surface area contributed by atoms with Gasteiger partial charge in [0.05, 0.1) is 37.5 Å². The molecule has 1 aliphatic rings. The quantitative estimate of drug-likeness (QED) is 0.211. The third-order valence-electron chi connectivity index (χ3n) is 6.21. The van der Waals surface area contributed by atoms with Crippen LogP contribution in [0.1, 0.15) is 23.2 Å². The van der Waals surface area contributed by atoms with Crippen LogP contribution in [0.15, 0.2) is 60.7 Å². The van der Waals surface area contributed by atoms with Gasteiger partial charge in [-0.1, -0.05) is 41.4 Å². The van der Waals surface area contributed by atoms with Crippen LogP contribution in [0.25, 0.3) is 10.9 Å². The molecule has 3 aromatic carbocycles. The molecular formula is C26H21Cl2N5O5. The topological polar surface area (TPSA) is 131 Å². The number of nitro groups is 1. The highest BCUT2D eigenvalue weighted by Gasteiger charge is 2.33. The van der Waals surface area contributed by atoms with Crippen LogP contribution in [0.5, 0.6) is 11.6 Å². The number of nitrogens with zero attached hydrogens (tertiary/aromatic N) is 4. The highest BCUT2D eigenvalue weighted by molar-refractivity contribution is 6.42. The second-order valence-corrected chi connectivity index (χ2v) is 9.50. The molecule has 194 valence electrons. The van der Waals surface area contributed by atoms with Crippen molar-refractivity contribution in [3.05, 3.63) is 86.4 Å². The number of aromatic nitrogens is 2. The van der Waals surface area contributed by atoms with Crippen LogP contribution in [-0.4, -0.2) is 50.0 Å². The van der Waals surface area contributed by atoms with Crippen molar-refractivity contribution >= 4 is 57.3 Å². The lowest BCUT2D eigenvalue weighted by Crippen LogP contribution is -2.39. The number of nitro benzene ring substituents is 1. The Balaban J connectivity index is 1.51. The summed E-state index contributed by atoms with van der Waals surface area (Å²) in [5.41, 5.74) is 0.188. The smallest absolute Gasteiger partial charge is 0.271 e. The first-order valence-electron chi connectivity index (χ1n) is 11.7. The van der Waals surface area contributed by atoms with Crippen LogP contribution < -0.4 is 10.1 Å². The number of carbonyl (C=O) groups excluding carboxylic acids is 1. The third kappa shape index (κ3) is 5.27. The molecule has 2 heterocycles. The van der Waals surface area contributed by atoms with E-state index in [0.717, 1.165) is 18.9 Å². The Bertz CT molecular complexity index is 1540. The number of ether oxygens (including phenoxy) is 1. The van der Waals surface area contributed by atoms with Gasteiger partial charge in [-0.3, -0.25) is 14.9 Å². The molecule has 1 aromatic heterocycles. The first-order valence-corrected chi connectivity index (χ1v) is 12.5. The normalized spacial score (nSPS) is 15.0. The van der Waals surface area contributed by atoms with E-state index in [-0.39, 0.29) is 40.8 Å². The molecule has 5 rings (SSSR count). The van der Waals surface area contributed by atoms with Crippen LogP contribution in [0.3, 0.4) is 0 Å². The Kier molecular flexibility index (Phi) is 7.17. The van der Waals surface area contributed by atoms with Gasteiger partial charge in [0.2, 0.25) is 11.8 Å². The molecule has 0 unspecified atom stereocenters. The number of likely N-dealkylation sites (tertiary alicyclic amines) is 1. The summed E-state index contributed by atoms with van der Waals surface area (Å²) < 4.78 is 5.88. The maximum absolute atomic E-state index is 13.8. The first-order chi connectivity index (χ1) is 18.3. The molecular weight excluding hydrogens is 533 g/mol. The van der Waals surface area contributed by atoms with Gasteiger partial charge in [-0.2, -0.15) is 4.98 Å². The summed E-state index contributed by atoms with van der Waals surface area (Å²) in [4.78, 5) is 34.9. The molecule has 2 N–H and O–H groups in total. The van der Waals surface area contributed by atoms with Crippen molar-refractivity contribution in [1.82, 2.24) is 14.9 Å². The lowest BCUT2D eigenvalue weighted by Gasteiger charge is -2.25. The third-order valence-corrected chi connectivity index (χ3v) is 6.94. The van der Waals surface area contributed by atoms with Crippen molar-refractivity contribution in [3.8, 4) is 11.6 Å². The van der Waals surface area contributed by atoms with Gasteiger partial charge in [-0.15, -0.1) is 0 Å². The number of fused-ring (bicyclic) bond motifs is 1. The molecule has 1 aliphatic heterocycles. The number of benzene rings is 3. The Morgan fingerprint density at radius 3 is 2.66 bits per heavy atom. The molecule has 1 atom stereocenters. The molecule has 0 radical (unpaired) electrons. The average molecular weight is 554 g/mol. The van der Waals surface area contributed by atoms with Crippen molar-refractivity contribution in [2.75, 3.05) is 18.5 Å². The van der Waals surface area contributed by atoms with Gasteiger partial charge < -0.3 is 20.1 Å². The summed E-state index contributed by atoms with van der Waals surface area (Å²) in [5.74, 6) is -0.304. The van der Waals surface area contributed by atoms with E-state index in [2.05, 4.69) is 15.3 Å². The van der Waals surface area contributed by atoms with Crippen LogP contribution in [-0.2, 0) is 0 Å². The van der Waals surface area contributed by atoms with Crippen LogP contribution >= 0.6 is 23.2 Å². The SMILES string of the molecule is O=C(c1cc([N+](=O)[O-])cc2c(O)nc(Nc3ccc(Cl)c(Cl)c3)nc12)N1CCC[C@H]1COc1ccccc1. The zero-order chi connectivity index (χ0) is 26.8. The maximum atomic E-state index is 13.8. The fraction of sp³-hybridized carbons (Fsp3) is 0.192. The van der Waals surface area contributed by atoms with Gasteiger partial charge in [0.15, 0.2) is 0 Å². The second kappa shape index (κ2) is 10.7. The number of hydrogen-bond donors (Lipinski definition) is 2. The number of hydrogen-bond acceptors (Lipinski definition) is 8. The number of amides is 1. The Morgan fingerprint density at radius 1 is 1.13 bits per heavy atom. The zero-order valence-electron chi connectivity index (χ0n) is 19.8. The predicted molar refractivity (Wildman–Crippen MR) is 144 cm³/mol. The summed E-state index contributed by atoms with van der Waals surface area (Å²) in [7, 11) is 0. The van der Waals surface area contributed by atoms with Gasteiger partial charge in [0, 0.05) is 24.4 Å². The van der Waals surface area contributed by atoms with Gasteiger partial charge in [0.25, 0.3) is 11.6 Å². The minimum atomic E-state index is -0.627. The lowest BCUT2D eigenvalue weighted by molar-refractivity contribution is -0.384. The monoisotopic (exact) mass is 553 g/mol. The molecule has 0 spiro atoms. The highest BCUT2D eigenvalue weighted by Crippen LogP contribution is 2.34. The van der Waals surface area contributed by atoms with E-state index in [0.29, 0.717) is 28.0 Å². The van der Waals surface area contributed by atoms with Crippen molar-refractivity contribution in [2.45, 2.75) is 18.9 Å². The van der Waals surface area contributed by atoms with Gasteiger partial charge in [-0.05, 0) is 43.2 Å². The highest BCUT2D eigenvalue weighted by atomic mass is 35.5. The first kappa shape index (κ1) is 25.5. The number of rotatable bonds is 7. The second-order valence-electron chi connectivity index (χ2n) is 8.69. The van der Waals surface area contributed by atoms with Crippen LogP contribution in [0.4, 0.5) is 17.3 Å². The summed E-state index contributed by atoms with van der Waals surface area (Å²) in [5, 5.41) is 25.9. The number of para-hydroxylation sites is 1.